The van der Waals surface area contributed by atoms with Crippen molar-refractivity contribution in [1.82, 2.24) is 20.6 Å². The Morgan fingerprint density at radius 1 is 1.08 bits per heavy atom. The first kappa shape index (κ1) is 28.2. The van der Waals surface area contributed by atoms with E-state index in [4.69, 9.17) is 10.9 Å². The van der Waals surface area contributed by atoms with E-state index in [2.05, 4.69) is 27.2 Å². The summed E-state index contributed by atoms with van der Waals surface area (Å²) in [6, 6.07) is 14.2. The molecule has 4 rings (SSSR count). The molecule has 2 fully saturated rings. The van der Waals surface area contributed by atoms with E-state index in [0.29, 0.717) is 23.1 Å². The molecule has 8 heteroatoms. The van der Waals surface area contributed by atoms with Gasteiger partial charge in [0, 0.05) is 29.6 Å². The van der Waals surface area contributed by atoms with Crippen LogP contribution in [0.5, 0.6) is 0 Å². The highest BCUT2D eigenvalue weighted by atomic mass is 16.5. The summed E-state index contributed by atoms with van der Waals surface area (Å²) in [7, 11) is 4.09. The standard InChI is InChI=1S/C30H43N5O3/c1-34(2)15-13-25-18-24(9-10-26(25)29(31)36)27-19-28(27)32-20-22-11-16-35(17-12-22)14-3-4-21-5-7-23(8-6-21)30(37)33-38/h5-10,18,22,27-28,32,38H,3-4,11-17,19-20H2,1-2H3,(H2,31,36)(H,33,37). The molecule has 2 aromatic rings. The average molecular weight is 522 g/mol. The van der Waals surface area contributed by atoms with Crippen molar-refractivity contribution in [3.05, 3.63) is 70.3 Å². The van der Waals surface area contributed by atoms with Crippen molar-refractivity contribution in [1.29, 1.82) is 0 Å². The van der Waals surface area contributed by atoms with Gasteiger partial charge >= 0.3 is 0 Å². The Morgan fingerprint density at radius 2 is 1.82 bits per heavy atom. The van der Waals surface area contributed by atoms with E-state index in [1.54, 1.807) is 17.6 Å². The monoisotopic (exact) mass is 521 g/mol. The molecule has 1 aliphatic carbocycles. The van der Waals surface area contributed by atoms with Gasteiger partial charge in [0.05, 0.1) is 0 Å². The van der Waals surface area contributed by atoms with Gasteiger partial charge in [-0.1, -0.05) is 24.3 Å². The van der Waals surface area contributed by atoms with Crippen LogP contribution in [0.15, 0.2) is 42.5 Å². The number of hydrogen-bond donors (Lipinski definition) is 4. The lowest BCUT2D eigenvalue weighted by atomic mass is 9.96. The van der Waals surface area contributed by atoms with Gasteiger partial charge in [-0.25, -0.2) is 5.48 Å². The Morgan fingerprint density at radius 3 is 2.47 bits per heavy atom. The molecule has 0 aromatic heterocycles. The number of nitrogens with one attached hydrogen (secondary N) is 2. The molecule has 2 amide bonds. The molecule has 0 spiro atoms. The summed E-state index contributed by atoms with van der Waals surface area (Å²) in [5.74, 6) is 0.438. The number of piperidine rings is 1. The van der Waals surface area contributed by atoms with Crippen LogP contribution in [0.4, 0.5) is 0 Å². The number of nitrogens with zero attached hydrogens (tertiary/aromatic N) is 2. The lowest BCUT2D eigenvalue weighted by Gasteiger charge is -2.32. The first-order valence-corrected chi connectivity index (χ1v) is 13.9. The van der Waals surface area contributed by atoms with Crippen LogP contribution in [0.2, 0.25) is 0 Å². The Kier molecular flexibility index (Phi) is 9.91. The fraction of sp³-hybridized carbons (Fsp3) is 0.533. The number of aryl methyl sites for hydroxylation is 1. The summed E-state index contributed by atoms with van der Waals surface area (Å²) in [5.41, 5.74) is 12.0. The minimum atomic E-state index is -0.477. The number of likely N-dealkylation sites (tertiary alicyclic amines) is 1. The number of amides is 2. The van der Waals surface area contributed by atoms with Crippen molar-refractivity contribution in [2.75, 3.05) is 46.8 Å². The predicted octanol–water partition coefficient (Wildman–Crippen LogP) is 2.80. The van der Waals surface area contributed by atoms with Crippen molar-refractivity contribution in [3.63, 3.8) is 0 Å². The summed E-state index contributed by atoms with van der Waals surface area (Å²) < 4.78 is 0. The number of hydroxylamine groups is 1. The predicted molar refractivity (Wildman–Crippen MR) is 150 cm³/mol. The Balaban J connectivity index is 1.15. The maximum Gasteiger partial charge on any atom is 0.274 e. The second-order valence-corrected chi connectivity index (χ2v) is 11.2. The molecule has 2 aliphatic rings. The topological polar surface area (TPSA) is 111 Å². The Bertz CT molecular complexity index is 1080. The number of primary amides is 1. The maximum atomic E-state index is 11.9. The van der Waals surface area contributed by atoms with Crippen molar-refractivity contribution < 1.29 is 14.8 Å². The average Bonchev–Trinajstić information content (AvgIpc) is 3.71. The van der Waals surface area contributed by atoms with Gasteiger partial charge in [-0.2, -0.15) is 0 Å². The largest absolute Gasteiger partial charge is 0.366 e. The molecule has 5 N–H and O–H groups in total. The van der Waals surface area contributed by atoms with Gasteiger partial charge in [-0.3, -0.25) is 14.8 Å². The van der Waals surface area contributed by atoms with Crippen molar-refractivity contribution >= 4 is 11.8 Å². The minimum absolute atomic E-state index is 0.342. The normalized spacial score (nSPS) is 20.0. The van der Waals surface area contributed by atoms with Crippen LogP contribution in [-0.2, 0) is 12.8 Å². The third-order valence-electron chi connectivity index (χ3n) is 8.08. The van der Waals surface area contributed by atoms with Gasteiger partial charge in [0.1, 0.15) is 0 Å². The third-order valence-corrected chi connectivity index (χ3v) is 8.08. The molecule has 2 atom stereocenters. The second-order valence-electron chi connectivity index (χ2n) is 11.2. The molecule has 2 unspecified atom stereocenters. The number of carbonyl (C=O) groups is 2. The zero-order valence-electron chi connectivity index (χ0n) is 22.8. The number of nitrogens with two attached hydrogens (primary N) is 1. The van der Waals surface area contributed by atoms with Crippen LogP contribution in [0.3, 0.4) is 0 Å². The van der Waals surface area contributed by atoms with Crippen LogP contribution in [-0.4, -0.2) is 79.7 Å². The number of carbonyl (C=O) groups excluding carboxylic acids is 2. The van der Waals surface area contributed by atoms with Crippen molar-refractivity contribution in [3.8, 4) is 0 Å². The summed E-state index contributed by atoms with van der Waals surface area (Å²) >= 11 is 0. The molecule has 2 aromatic carbocycles. The summed E-state index contributed by atoms with van der Waals surface area (Å²) in [6.45, 7) is 5.38. The zero-order valence-corrected chi connectivity index (χ0v) is 22.8. The maximum absolute atomic E-state index is 11.9. The van der Waals surface area contributed by atoms with E-state index in [1.165, 1.54) is 24.0 Å². The van der Waals surface area contributed by atoms with Crippen LogP contribution in [0.1, 0.15) is 69.0 Å². The van der Waals surface area contributed by atoms with Gasteiger partial charge in [0.2, 0.25) is 5.91 Å². The molecular weight excluding hydrogens is 478 g/mol. The molecule has 8 nitrogen and oxygen atoms in total. The lowest BCUT2D eigenvalue weighted by molar-refractivity contribution is 0.0706. The third kappa shape index (κ3) is 7.86. The lowest BCUT2D eigenvalue weighted by Crippen LogP contribution is -2.38. The van der Waals surface area contributed by atoms with Gasteiger partial charge in [-0.15, -0.1) is 0 Å². The second kappa shape index (κ2) is 13.3. The molecule has 1 aliphatic heterocycles. The van der Waals surface area contributed by atoms with E-state index in [9.17, 15) is 9.59 Å². The first-order valence-electron chi connectivity index (χ1n) is 13.9. The SMILES string of the molecule is CN(C)CCc1cc(C2CC2NCC2CCN(CCCc3ccc(C(=O)NO)cc3)CC2)ccc1C(N)=O. The molecule has 1 saturated carbocycles. The smallest absolute Gasteiger partial charge is 0.274 e. The van der Waals surface area contributed by atoms with Crippen LogP contribution < -0.4 is 16.5 Å². The van der Waals surface area contributed by atoms with Gasteiger partial charge in [0.25, 0.3) is 5.91 Å². The molecule has 1 heterocycles. The van der Waals surface area contributed by atoms with Gasteiger partial charge < -0.3 is 20.9 Å². The van der Waals surface area contributed by atoms with Crippen LogP contribution in [0.25, 0.3) is 0 Å². The number of rotatable bonds is 13. The summed E-state index contributed by atoms with van der Waals surface area (Å²) in [5, 5.41) is 12.5. The van der Waals surface area contributed by atoms with Gasteiger partial charge in [0.15, 0.2) is 0 Å². The van der Waals surface area contributed by atoms with Gasteiger partial charge in [-0.05, 0) is 120 Å². The highest BCUT2D eigenvalue weighted by Gasteiger charge is 2.38. The highest BCUT2D eigenvalue weighted by Crippen LogP contribution is 2.41. The summed E-state index contributed by atoms with van der Waals surface area (Å²) in [4.78, 5) is 28.0. The number of likely N-dealkylation sites (N-methyl/N-ethyl adjacent to an activating group) is 1. The minimum Gasteiger partial charge on any atom is -0.366 e. The van der Waals surface area contributed by atoms with Crippen LogP contribution in [0, 0.1) is 5.92 Å². The Hall–Kier alpha value is -2.78. The van der Waals surface area contributed by atoms with E-state index >= 15 is 0 Å². The molecule has 0 bridgehead atoms. The van der Waals surface area contributed by atoms with E-state index < -0.39 is 5.91 Å². The first-order chi connectivity index (χ1) is 18.3. The molecule has 206 valence electrons. The molecule has 38 heavy (non-hydrogen) atoms. The summed E-state index contributed by atoms with van der Waals surface area (Å²) in [6.07, 6.45) is 6.55. The molecular formula is C30H43N5O3. The highest BCUT2D eigenvalue weighted by molar-refractivity contribution is 5.94. The fourth-order valence-corrected chi connectivity index (χ4v) is 5.55. The number of hydrogen-bond acceptors (Lipinski definition) is 6. The molecule has 0 radical (unpaired) electrons. The quantitative estimate of drug-likeness (QED) is 0.238. The zero-order chi connectivity index (χ0) is 27.1. The van der Waals surface area contributed by atoms with E-state index in [0.717, 1.165) is 69.9 Å². The Labute approximate surface area is 226 Å². The van der Waals surface area contributed by atoms with Crippen molar-refractivity contribution in [2.45, 2.75) is 50.5 Å². The molecule has 1 saturated heterocycles. The van der Waals surface area contributed by atoms with E-state index in [-0.39, 0.29) is 5.91 Å². The number of benzene rings is 2. The van der Waals surface area contributed by atoms with E-state index in [1.807, 2.05) is 32.3 Å². The van der Waals surface area contributed by atoms with Crippen molar-refractivity contribution in [2.24, 2.45) is 11.7 Å². The van der Waals surface area contributed by atoms with Crippen LogP contribution >= 0.6 is 0 Å². The fourth-order valence-electron chi connectivity index (χ4n) is 5.55.